The molecule has 0 bridgehead atoms. The smallest absolute Gasteiger partial charge is 0.274 e. The van der Waals surface area contributed by atoms with Gasteiger partial charge in [0.1, 0.15) is 0 Å². The van der Waals surface area contributed by atoms with E-state index in [0.717, 1.165) is 12.8 Å². The Bertz CT molecular complexity index is 385. The summed E-state index contributed by atoms with van der Waals surface area (Å²) >= 11 is 0. The summed E-state index contributed by atoms with van der Waals surface area (Å²) in [5.41, 5.74) is 5.71. The number of carbonyl (C=O) groups is 1. The molecule has 18 heavy (non-hydrogen) atoms. The number of hydrogen-bond donors (Lipinski definition) is 3. The van der Waals surface area contributed by atoms with Crippen molar-refractivity contribution in [3.8, 4) is 0 Å². The Balaban J connectivity index is 2.48. The Kier molecular flexibility index (Phi) is 5.51. The Labute approximate surface area is 108 Å². The quantitative estimate of drug-likeness (QED) is 0.582. The van der Waals surface area contributed by atoms with Crippen LogP contribution in [-0.4, -0.2) is 44.9 Å². The molecule has 106 valence electrons. The third-order valence-corrected chi connectivity index (χ3v) is 3.73. The van der Waals surface area contributed by atoms with Gasteiger partial charge in [0.05, 0.1) is 6.04 Å². The van der Waals surface area contributed by atoms with Crippen LogP contribution >= 0.6 is 0 Å². The summed E-state index contributed by atoms with van der Waals surface area (Å²) in [6, 6.07) is -0.463. The minimum Gasteiger partial charge on any atom is -0.341 e. The molecule has 1 saturated heterocycles. The van der Waals surface area contributed by atoms with Gasteiger partial charge in [0.15, 0.2) is 0 Å². The number of nitrogens with one attached hydrogen (secondary N) is 1. The third kappa shape index (κ3) is 4.89. The van der Waals surface area contributed by atoms with Gasteiger partial charge in [-0.1, -0.05) is 6.92 Å². The molecule has 0 saturated carbocycles. The first-order valence-corrected chi connectivity index (χ1v) is 7.70. The van der Waals surface area contributed by atoms with Gasteiger partial charge < -0.3 is 10.6 Å². The minimum absolute atomic E-state index is 0.0576. The highest BCUT2D eigenvalue weighted by Crippen LogP contribution is 2.16. The predicted molar refractivity (Wildman–Crippen MR) is 68.7 cm³/mol. The lowest BCUT2D eigenvalue weighted by atomic mass is 9.97. The maximum Gasteiger partial charge on any atom is 0.274 e. The molecule has 1 aliphatic heterocycles. The minimum atomic E-state index is -3.66. The Morgan fingerprint density at radius 3 is 2.78 bits per heavy atom. The van der Waals surface area contributed by atoms with Crippen molar-refractivity contribution in [3.05, 3.63) is 0 Å². The number of nitrogens with two attached hydrogens (primary N) is 2. The van der Waals surface area contributed by atoms with E-state index in [1.807, 2.05) is 6.92 Å². The Morgan fingerprint density at radius 2 is 2.22 bits per heavy atom. The summed E-state index contributed by atoms with van der Waals surface area (Å²) in [5.74, 6) is 0.0443. The van der Waals surface area contributed by atoms with Gasteiger partial charge in [-0.15, -0.1) is 0 Å². The number of nitrogens with zero attached hydrogens (tertiary/aromatic N) is 1. The molecule has 1 amide bonds. The van der Waals surface area contributed by atoms with E-state index < -0.39 is 16.3 Å². The molecule has 0 aromatic carbocycles. The van der Waals surface area contributed by atoms with Crippen molar-refractivity contribution in [2.75, 3.05) is 19.6 Å². The van der Waals surface area contributed by atoms with E-state index in [4.69, 9.17) is 10.9 Å². The van der Waals surface area contributed by atoms with Crippen LogP contribution in [0.15, 0.2) is 0 Å². The molecule has 0 spiro atoms. The molecule has 7 nitrogen and oxygen atoms in total. The zero-order valence-electron chi connectivity index (χ0n) is 10.6. The van der Waals surface area contributed by atoms with Gasteiger partial charge in [-0.2, -0.15) is 8.42 Å². The third-order valence-electron chi connectivity index (χ3n) is 3.16. The largest absolute Gasteiger partial charge is 0.341 e. The maximum atomic E-state index is 11.9. The molecule has 0 aliphatic carbocycles. The van der Waals surface area contributed by atoms with Crippen molar-refractivity contribution in [2.24, 2.45) is 16.8 Å². The number of rotatable bonds is 5. The fraction of sp³-hybridized carbons (Fsp3) is 0.900. The summed E-state index contributed by atoms with van der Waals surface area (Å²) in [5, 5.41) is 4.88. The second kappa shape index (κ2) is 6.46. The highest BCUT2D eigenvalue weighted by Gasteiger charge is 2.26. The lowest BCUT2D eigenvalue weighted by molar-refractivity contribution is -0.134. The first kappa shape index (κ1) is 15.4. The van der Waals surface area contributed by atoms with E-state index in [2.05, 4.69) is 4.72 Å². The van der Waals surface area contributed by atoms with Gasteiger partial charge in [0.25, 0.3) is 10.2 Å². The van der Waals surface area contributed by atoms with Crippen LogP contribution < -0.4 is 15.6 Å². The van der Waals surface area contributed by atoms with Gasteiger partial charge in [-0.25, -0.2) is 9.86 Å². The van der Waals surface area contributed by atoms with Crippen LogP contribution in [0.3, 0.4) is 0 Å². The average molecular weight is 278 g/mol. The molecular formula is C10H22N4O3S. The van der Waals surface area contributed by atoms with Crippen LogP contribution in [0.4, 0.5) is 0 Å². The normalized spacial score (nSPS) is 22.8. The lowest BCUT2D eigenvalue weighted by Gasteiger charge is -2.34. The molecule has 1 aliphatic rings. The molecule has 1 fully saturated rings. The van der Waals surface area contributed by atoms with Gasteiger partial charge in [-0.05, 0) is 25.2 Å². The van der Waals surface area contributed by atoms with Crippen molar-refractivity contribution < 1.29 is 13.2 Å². The molecule has 0 aromatic heterocycles. The Hall–Kier alpha value is -0.700. The lowest BCUT2D eigenvalue weighted by Crippen LogP contribution is -2.49. The molecule has 2 atom stereocenters. The van der Waals surface area contributed by atoms with Crippen LogP contribution in [-0.2, 0) is 15.0 Å². The second-order valence-electron chi connectivity index (χ2n) is 4.70. The zero-order valence-corrected chi connectivity index (χ0v) is 11.4. The van der Waals surface area contributed by atoms with Gasteiger partial charge in [-0.3, -0.25) is 4.79 Å². The average Bonchev–Trinajstić information content (AvgIpc) is 2.34. The van der Waals surface area contributed by atoms with Crippen LogP contribution in [0, 0.1) is 5.92 Å². The Morgan fingerprint density at radius 1 is 1.56 bits per heavy atom. The van der Waals surface area contributed by atoms with Gasteiger partial charge in [0.2, 0.25) is 5.91 Å². The first-order chi connectivity index (χ1) is 8.33. The molecular weight excluding hydrogens is 256 g/mol. The summed E-state index contributed by atoms with van der Waals surface area (Å²) in [7, 11) is -3.66. The molecule has 5 N–H and O–H groups in total. The summed E-state index contributed by atoms with van der Waals surface area (Å²) in [6.07, 6.45) is 2.35. The van der Waals surface area contributed by atoms with Crippen LogP contribution in [0.2, 0.25) is 0 Å². The molecule has 0 aromatic rings. The fourth-order valence-electron chi connectivity index (χ4n) is 2.07. The van der Waals surface area contributed by atoms with E-state index in [-0.39, 0.29) is 18.4 Å². The molecule has 1 unspecified atom stereocenters. The van der Waals surface area contributed by atoms with Crippen LogP contribution in [0.5, 0.6) is 0 Å². The first-order valence-electron chi connectivity index (χ1n) is 6.15. The fourth-order valence-corrected chi connectivity index (χ4v) is 2.54. The number of likely N-dealkylation sites (tertiary alicyclic amines) is 1. The van der Waals surface area contributed by atoms with Crippen LogP contribution in [0.25, 0.3) is 0 Å². The molecule has 0 radical (unpaired) electrons. The van der Waals surface area contributed by atoms with E-state index in [1.165, 1.54) is 0 Å². The van der Waals surface area contributed by atoms with Crippen molar-refractivity contribution >= 4 is 16.1 Å². The van der Waals surface area contributed by atoms with E-state index in [9.17, 15) is 13.2 Å². The standard InChI is InChI=1S/C10H22N4O3S/c1-2-9(11)10(15)14-5-3-4-8(7-14)6-13-18(12,16)17/h8-9,13H,2-7,11H2,1H3,(H2,12,16,17)/t8?,9-/m1/s1. The van der Waals surface area contributed by atoms with E-state index >= 15 is 0 Å². The van der Waals surface area contributed by atoms with Crippen LogP contribution in [0.1, 0.15) is 26.2 Å². The summed E-state index contributed by atoms with van der Waals surface area (Å²) in [6.45, 7) is 3.37. The second-order valence-corrected chi connectivity index (χ2v) is 6.08. The molecule has 1 rings (SSSR count). The highest BCUT2D eigenvalue weighted by atomic mass is 32.2. The van der Waals surface area contributed by atoms with E-state index in [1.54, 1.807) is 4.90 Å². The van der Waals surface area contributed by atoms with Crippen molar-refractivity contribution in [2.45, 2.75) is 32.2 Å². The van der Waals surface area contributed by atoms with Crippen molar-refractivity contribution in [3.63, 3.8) is 0 Å². The van der Waals surface area contributed by atoms with Gasteiger partial charge >= 0.3 is 0 Å². The van der Waals surface area contributed by atoms with Crippen molar-refractivity contribution in [1.82, 2.24) is 9.62 Å². The molecule has 8 heteroatoms. The van der Waals surface area contributed by atoms with Crippen molar-refractivity contribution in [1.29, 1.82) is 0 Å². The predicted octanol–water partition coefficient (Wildman–Crippen LogP) is -1.24. The monoisotopic (exact) mass is 278 g/mol. The number of carbonyl (C=O) groups excluding carboxylic acids is 1. The maximum absolute atomic E-state index is 11.9. The topological polar surface area (TPSA) is 119 Å². The summed E-state index contributed by atoms with van der Waals surface area (Å²) < 4.78 is 23.9. The number of hydrogen-bond acceptors (Lipinski definition) is 4. The summed E-state index contributed by atoms with van der Waals surface area (Å²) in [4.78, 5) is 13.6. The SMILES string of the molecule is CC[C@@H](N)C(=O)N1CCCC(CNS(N)(=O)=O)C1. The number of piperidine rings is 1. The highest BCUT2D eigenvalue weighted by molar-refractivity contribution is 7.87. The van der Waals surface area contributed by atoms with Gasteiger partial charge in [0, 0.05) is 19.6 Å². The zero-order chi connectivity index (χ0) is 13.8. The van der Waals surface area contributed by atoms with E-state index in [0.29, 0.717) is 19.5 Å². The number of amides is 1. The molecule has 1 heterocycles.